The van der Waals surface area contributed by atoms with E-state index in [1.165, 1.54) is 0 Å². The lowest BCUT2D eigenvalue weighted by Crippen LogP contribution is -2.50. The van der Waals surface area contributed by atoms with Crippen LogP contribution in [0.1, 0.15) is 39.5 Å². The monoisotopic (exact) mass is 275 g/mol. The van der Waals surface area contributed by atoms with E-state index in [1.54, 1.807) is 6.07 Å². The standard InChI is InChI=1S/C15H21N3O2/c1-4-13-18-11-9-10(7-8-12(11)20-13)17-14(19)15(16,5-2)6-3/h7-9H,4-6,16H2,1-3H3,(H,17,19). The summed E-state index contributed by atoms with van der Waals surface area (Å²) in [7, 11) is 0. The fourth-order valence-corrected chi connectivity index (χ4v) is 2.03. The van der Waals surface area contributed by atoms with Gasteiger partial charge in [-0.3, -0.25) is 4.79 Å². The number of rotatable bonds is 5. The molecule has 1 heterocycles. The average molecular weight is 275 g/mol. The Morgan fingerprint density at radius 2 is 2.05 bits per heavy atom. The van der Waals surface area contributed by atoms with Gasteiger partial charge in [0.2, 0.25) is 5.91 Å². The average Bonchev–Trinajstić information content (AvgIpc) is 2.88. The van der Waals surface area contributed by atoms with Crippen LogP contribution in [0.3, 0.4) is 0 Å². The van der Waals surface area contributed by atoms with E-state index in [9.17, 15) is 4.79 Å². The zero-order valence-electron chi connectivity index (χ0n) is 12.2. The van der Waals surface area contributed by atoms with E-state index in [0.717, 1.165) is 17.5 Å². The van der Waals surface area contributed by atoms with Crippen molar-refractivity contribution in [3.63, 3.8) is 0 Å². The number of hydrogen-bond acceptors (Lipinski definition) is 4. The number of oxazole rings is 1. The van der Waals surface area contributed by atoms with Crippen LogP contribution in [0, 0.1) is 0 Å². The van der Waals surface area contributed by atoms with Crippen LogP contribution >= 0.6 is 0 Å². The van der Waals surface area contributed by atoms with Crippen molar-refractivity contribution in [2.24, 2.45) is 5.73 Å². The Morgan fingerprint density at radius 1 is 1.35 bits per heavy atom. The van der Waals surface area contributed by atoms with Gasteiger partial charge in [-0.2, -0.15) is 0 Å². The molecular formula is C15H21N3O2. The molecule has 0 saturated heterocycles. The first kappa shape index (κ1) is 14.5. The van der Waals surface area contributed by atoms with Gasteiger partial charge in [-0.15, -0.1) is 0 Å². The second-order valence-corrected chi connectivity index (χ2v) is 4.96. The van der Waals surface area contributed by atoms with Gasteiger partial charge in [0.25, 0.3) is 0 Å². The van der Waals surface area contributed by atoms with Gasteiger partial charge in [-0.1, -0.05) is 20.8 Å². The van der Waals surface area contributed by atoms with Crippen LogP contribution in [-0.4, -0.2) is 16.4 Å². The van der Waals surface area contributed by atoms with Gasteiger partial charge in [0, 0.05) is 12.1 Å². The third-order valence-electron chi connectivity index (χ3n) is 3.71. The van der Waals surface area contributed by atoms with Crippen molar-refractivity contribution in [3.8, 4) is 0 Å². The molecule has 1 aromatic carbocycles. The number of nitrogens with zero attached hydrogens (tertiary/aromatic N) is 1. The number of nitrogens with two attached hydrogens (primary N) is 1. The molecule has 0 aliphatic carbocycles. The van der Waals surface area contributed by atoms with Gasteiger partial charge < -0.3 is 15.5 Å². The smallest absolute Gasteiger partial charge is 0.244 e. The number of carbonyl (C=O) groups excluding carboxylic acids is 1. The molecule has 0 bridgehead atoms. The van der Waals surface area contributed by atoms with Crippen molar-refractivity contribution in [3.05, 3.63) is 24.1 Å². The predicted molar refractivity (Wildman–Crippen MR) is 79.5 cm³/mol. The van der Waals surface area contributed by atoms with Crippen molar-refractivity contribution in [1.29, 1.82) is 0 Å². The van der Waals surface area contributed by atoms with Gasteiger partial charge in [0.1, 0.15) is 5.52 Å². The molecule has 2 aromatic rings. The topological polar surface area (TPSA) is 81.2 Å². The molecule has 1 amide bonds. The first-order chi connectivity index (χ1) is 9.52. The van der Waals surface area contributed by atoms with Crippen LogP contribution in [0.15, 0.2) is 22.6 Å². The van der Waals surface area contributed by atoms with Crippen molar-refractivity contribution >= 4 is 22.7 Å². The minimum absolute atomic E-state index is 0.166. The Kier molecular flexibility index (Phi) is 4.09. The molecule has 0 radical (unpaired) electrons. The summed E-state index contributed by atoms with van der Waals surface area (Å²) in [6.07, 6.45) is 1.94. The lowest BCUT2D eigenvalue weighted by atomic mass is 9.93. The van der Waals surface area contributed by atoms with Gasteiger partial charge in [-0.05, 0) is 31.0 Å². The van der Waals surface area contributed by atoms with E-state index >= 15 is 0 Å². The first-order valence-corrected chi connectivity index (χ1v) is 7.02. The minimum Gasteiger partial charge on any atom is -0.441 e. The SMILES string of the molecule is CCc1nc2cc(NC(=O)C(N)(CC)CC)ccc2o1. The molecule has 0 unspecified atom stereocenters. The summed E-state index contributed by atoms with van der Waals surface area (Å²) in [6, 6.07) is 5.42. The van der Waals surface area contributed by atoms with E-state index in [4.69, 9.17) is 10.2 Å². The number of hydrogen-bond donors (Lipinski definition) is 2. The highest BCUT2D eigenvalue weighted by Crippen LogP contribution is 2.22. The van der Waals surface area contributed by atoms with Crippen molar-refractivity contribution in [2.75, 3.05) is 5.32 Å². The van der Waals surface area contributed by atoms with E-state index in [0.29, 0.717) is 24.4 Å². The van der Waals surface area contributed by atoms with Gasteiger partial charge in [0.05, 0.1) is 5.54 Å². The summed E-state index contributed by atoms with van der Waals surface area (Å²) < 4.78 is 5.54. The Hall–Kier alpha value is -1.88. The molecule has 0 aliphatic rings. The molecule has 3 N–H and O–H groups in total. The highest BCUT2D eigenvalue weighted by molar-refractivity contribution is 5.99. The number of aryl methyl sites for hydroxylation is 1. The van der Waals surface area contributed by atoms with Crippen molar-refractivity contribution < 1.29 is 9.21 Å². The maximum absolute atomic E-state index is 12.2. The van der Waals surface area contributed by atoms with Crippen molar-refractivity contribution in [1.82, 2.24) is 4.98 Å². The summed E-state index contributed by atoms with van der Waals surface area (Å²) in [6.45, 7) is 5.81. The number of fused-ring (bicyclic) bond motifs is 1. The quantitative estimate of drug-likeness (QED) is 0.879. The summed E-state index contributed by atoms with van der Waals surface area (Å²) in [5.41, 5.74) is 7.42. The van der Waals surface area contributed by atoms with E-state index in [1.807, 2.05) is 32.9 Å². The lowest BCUT2D eigenvalue weighted by molar-refractivity contribution is -0.121. The normalized spacial score (nSPS) is 11.8. The fourth-order valence-electron chi connectivity index (χ4n) is 2.03. The molecule has 0 saturated carbocycles. The predicted octanol–water partition coefficient (Wildman–Crippen LogP) is 2.85. The van der Waals surface area contributed by atoms with E-state index in [2.05, 4.69) is 10.3 Å². The second-order valence-electron chi connectivity index (χ2n) is 4.96. The van der Waals surface area contributed by atoms with Crippen molar-refractivity contribution in [2.45, 2.75) is 45.6 Å². The number of aromatic nitrogens is 1. The third kappa shape index (κ3) is 2.67. The second kappa shape index (κ2) is 5.63. The first-order valence-electron chi connectivity index (χ1n) is 7.02. The number of benzene rings is 1. The molecule has 1 aromatic heterocycles. The molecule has 0 aliphatic heterocycles. The third-order valence-corrected chi connectivity index (χ3v) is 3.71. The zero-order chi connectivity index (χ0) is 14.8. The lowest BCUT2D eigenvalue weighted by Gasteiger charge is -2.25. The molecule has 0 spiro atoms. The highest BCUT2D eigenvalue weighted by atomic mass is 16.3. The number of nitrogens with one attached hydrogen (secondary N) is 1. The Balaban J connectivity index is 2.23. The molecule has 0 fully saturated rings. The maximum Gasteiger partial charge on any atom is 0.244 e. The minimum atomic E-state index is -0.826. The number of anilines is 1. The van der Waals surface area contributed by atoms with Crippen LogP contribution in [0.25, 0.3) is 11.1 Å². The Bertz CT molecular complexity index is 615. The summed E-state index contributed by atoms with van der Waals surface area (Å²) in [5, 5.41) is 2.86. The molecule has 108 valence electrons. The molecule has 2 rings (SSSR count). The largest absolute Gasteiger partial charge is 0.441 e. The number of amides is 1. The highest BCUT2D eigenvalue weighted by Gasteiger charge is 2.29. The van der Waals surface area contributed by atoms with Crippen LogP contribution in [-0.2, 0) is 11.2 Å². The fraction of sp³-hybridized carbons (Fsp3) is 0.467. The number of carbonyl (C=O) groups is 1. The molecule has 5 heteroatoms. The van der Waals surface area contributed by atoms with E-state index in [-0.39, 0.29) is 5.91 Å². The van der Waals surface area contributed by atoms with Crippen LogP contribution in [0.5, 0.6) is 0 Å². The molecule has 20 heavy (non-hydrogen) atoms. The van der Waals surface area contributed by atoms with E-state index < -0.39 is 5.54 Å². The summed E-state index contributed by atoms with van der Waals surface area (Å²) in [4.78, 5) is 16.6. The van der Waals surface area contributed by atoms with Crippen LogP contribution in [0.4, 0.5) is 5.69 Å². The maximum atomic E-state index is 12.2. The molecule has 0 atom stereocenters. The Morgan fingerprint density at radius 3 is 2.65 bits per heavy atom. The molecular weight excluding hydrogens is 254 g/mol. The van der Waals surface area contributed by atoms with Crippen LogP contribution < -0.4 is 11.1 Å². The van der Waals surface area contributed by atoms with Gasteiger partial charge in [-0.25, -0.2) is 4.98 Å². The zero-order valence-corrected chi connectivity index (χ0v) is 12.2. The van der Waals surface area contributed by atoms with Gasteiger partial charge >= 0.3 is 0 Å². The van der Waals surface area contributed by atoms with Gasteiger partial charge in [0.15, 0.2) is 11.5 Å². The summed E-state index contributed by atoms with van der Waals surface area (Å²) >= 11 is 0. The summed E-state index contributed by atoms with van der Waals surface area (Å²) in [5.74, 6) is 0.528. The van der Waals surface area contributed by atoms with Crippen LogP contribution in [0.2, 0.25) is 0 Å². The Labute approximate surface area is 118 Å². The molecule has 5 nitrogen and oxygen atoms in total.